The number of hydrogen-bond acceptors (Lipinski definition) is 8. The zero-order chi connectivity index (χ0) is 26.6. The highest BCUT2D eigenvalue weighted by atomic mass is 16.5. The number of nitrogen functional groups attached to an aromatic ring is 1. The number of methoxy groups -OCH3 is 2. The van der Waals surface area contributed by atoms with Gasteiger partial charge in [0, 0.05) is 34.2 Å². The quantitative estimate of drug-likeness (QED) is 0.242. The molecule has 0 aliphatic carbocycles. The SMILES string of the molecule is CCOC(=O)Cc1ccc(OC)cc1OCc1coc2c(OC)cc(-c3ccc4ccnc(N)c4c3)cc12. The molecule has 0 spiro atoms. The molecule has 38 heavy (non-hydrogen) atoms. The van der Waals surface area contributed by atoms with Gasteiger partial charge in [-0.1, -0.05) is 18.2 Å². The van der Waals surface area contributed by atoms with Crippen molar-refractivity contribution < 1.29 is 28.2 Å². The molecule has 0 atom stereocenters. The number of rotatable bonds is 9. The van der Waals surface area contributed by atoms with Crippen molar-refractivity contribution in [2.24, 2.45) is 0 Å². The van der Waals surface area contributed by atoms with Crippen LogP contribution in [0.2, 0.25) is 0 Å². The van der Waals surface area contributed by atoms with Gasteiger partial charge in [-0.05, 0) is 53.8 Å². The zero-order valence-electron chi connectivity index (χ0n) is 21.4. The van der Waals surface area contributed by atoms with E-state index in [-0.39, 0.29) is 19.0 Å². The van der Waals surface area contributed by atoms with Crippen LogP contribution < -0.4 is 19.9 Å². The molecule has 0 bridgehead atoms. The summed E-state index contributed by atoms with van der Waals surface area (Å²) in [6.45, 7) is 2.30. The van der Waals surface area contributed by atoms with Gasteiger partial charge < -0.3 is 29.1 Å². The minimum absolute atomic E-state index is 0.0945. The summed E-state index contributed by atoms with van der Waals surface area (Å²) in [5.74, 6) is 1.92. The van der Waals surface area contributed by atoms with Crippen LogP contribution in [0.4, 0.5) is 5.82 Å². The largest absolute Gasteiger partial charge is 0.497 e. The topological polar surface area (TPSA) is 106 Å². The molecule has 2 heterocycles. The molecular formula is C30H28N2O6. The van der Waals surface area contributed by atoms with E-state index in [0.29, 0.717) is 40.8 Å². The van der Waals surface area contributed by atoms with Crippen LogP contribution in [0.25, 0.3) is 32.9 Å². The van der Waals surface area contributed by atoms with Crippen LogP contribution in [-0.4, -0.2) is 31.8 Å². The molecule has 8 heteroatoms. The number of carbonyl (C=O) groups is 1. The van der Waals surface area contributed by atoms with Crippen molar-refractivity contribution >= 4 is 33.5 Å². The molecule has 0 saturated carbocycles. The second kappa shape index (κ2) is 10.7. The van der Waals surface area contributed by atoms with E-state index in [0.717, 1.165) is 32.8 Å². The maximum absolute atomic E-state index is 12.1. The number of pyridine rings is 1. The number of nitrogens with zero attached hydrogens (tertiary/aromatic N) is 1. The molecule has 0 aliphatic rings. The first-order chi connectivity index (χ1) is 18.5. The molecule has 5 rings (SSSR count). The fourth-order valence-corrected chi connectivity index (χ4v) is 4.42. The standard InChI is InChI=1S/C30H28N2O6/c1-4-36-28(33)14-20-7-8-23(34-2)15-26(20)37-16-22-17-38-29-24(22)12-21(13-27(29)35-3)19-6-5-18-9-10-32-30(31)25(18)11-19/h5-13,15,17H,4,14,16H2,1-3H3,(H2,31,32). The van der Waals surface area contributed by atoms with Crippen molar-refractivity contribution in [1.29, 1.82) is 0 Å². The summed E-state index contributed by atoms with van der Waals surface area (Å²) in [4.78, 5) is 16.3. The van der Waals surface area contributed by atoms with E-state index in [4.69, 9.17) is 29.1 Å². The summed E-state index contributed by atoms with van der Waals surface area (Å²) in [5, 5.41) is 2.75. The number of ether oxygens (including phenoxy) is 4. The Bertz CT molecular complexity index is 1620. The average molecular weight is 513 g/mol. The molecule has 0 radical (unpaired) electrons. The van der Waals surface area contributed by atoms with Gasteiger partial charge in [-0.3, -0.25) is 4.79 Å². The van der Waals surface area contributed by atoms with Crippen LogP contribution in [0.15, 0.2) is 71.5 Å². The predicted molar refractivity (Wildman–Crippen MR) is 146 cm³/mol. The molecule has 0 unspecified atom stereocenters. The summed E-state index contributed by atoms with van der Waals surface area (Å²) < 4.78 is 28.2. The number of fused-ring (bicyclic) bond motifs is 2. The Labute approximate surface area is 219 Å². The van der Waals surface area contributed by atoms with Gasteiger partial charge in [0.25, 0.3) is 0 Å². The van der Waals surface area contributed by atoms with Crippen LogP contribution in [0, 0.1) is 0 Å². The summed E-state index contributed by atoms with van der Waals surface area (Å²) in [6, 6.07) is 17.3. The monoisotopic (exact) mass is 512 g/mol. The van der Waals surface area contributed by atoms with Gasteiger partial charge in [-0.25, -0.2) is 4.98 Å². The van der Waals surface area contributed by atoms with E-state index in [1.165, 1.54) is 0 Å². The molecule has 2 aromatic heterocycles. The summed E-state index contributed by atoms with van der Waals surface area (Å²) in [5.41, 5.74) is 10.2. The fourth-order valence-electron chi connectivity index (χ4n) is 4.42. The number of aromatic nitrogens is 1. The lowest BCUT2D eigenvalue weighted by Crippen LogP contribution is -2.09. The van der Waals surface area contributed by atoms with Gasteiger partial charge in [0.05, 0.1) is 33.5 Å². The molecule has 0 amide bonds. The van der Waals surface area contributed by atoms with Crippen molar-refractivity contribution in [3.8, 4) is 28.4 Å². The molecular weight excluding hydrogens is 484 g/mol. The Morgan fingerprint density at radius 3 is 2.55 bits per heavy atom. The summed E-state index contributed by atoms with van der Waals surface area (Å²) in [7, 11) is 3.19. The number of hydrogen-bond donors (Lipinski definition) is 1. The van der Waals surface area contributed by atoms with Crippen LogP contribution in [0.1, 0.15) is 18.1 Å². The molecule has 0 aliphatic heterocycles. The maximum Gasteiger partial charge on any atom is 0.310 e. The number of carbonyl (C=O) groups excluding carboxylic acids is 1. The van der Waals surface area contributed by atoms with E-state index >= 15 is 0 Å². The van der Waals surface area contributed by atoms with Gasteiger partial charge in [0.2, 0.25) is 0 Å². The number of esters is 1. The lowest BCUT2D eigenvalue weighted by molar-refractivity contribution is -0.142. The van der Waals surface area contributed by atoms with E-state index in [1.54, 1.807) is 51.8 Å². The Hall–Kier alpha value is -4.72. The molecule has 8 nitrogen and oxygen atoms in total. The van der Waals surface area contributed by atoms with Gasteiger partial charge >= 0.3 is 5.97 Å². The number of nitrogens with two attached hydrogens (primary N) is 1. The Balaban J connectivity index is 1.50. The van der Waals surface area contributed by atoms with Gasteiger partial charge in [0.15, 0.2) is 11.3 Å². The molecule has 0 saturated heterocycles. The third-order valence-corrected chi connectivity index (χ3v) is 6.37. The van der Waals surface area contributed by atoms with Crippen LogP contribution in [0.5, 0.6) is 17.2 Å². The lowest BCUT2D eigenvalue weighted by atomic mass is 9.99. The Morgan fingerprint density at radius 1 is 0.921 bits per heavy atom. The molecule has 0 fully saturated rings. The third-order valence-electron chi connectivity index (χ3n) is 6.37. The van der Waals surface area contributed by atoms with Crippen molar-refractivity contribution in [2.45, 2.75) is 20.0 Å². The maximum atomic E-state index is 12.1. The molecule has 2 N–H and O–H groups in total. The highest BCUT2D eigenvalue weighted by molar-refractivity contribution is 5.96. The molecule has 5 aromatic rings. The second-order valence-electron chi connectivity index (χ2n) is 8.69. The van der Waals surface area contributed by atoms with E-state index in [2.05, 4.69) is 4.98 Å². The number of furan rings is 1. The second-order valence-corrected chi connectivity index (χ2v) is 8.69. The minimum atomic E-state index is -0.322. The lowest BCUT2D eigenvalue weighted by Gasteiger charge is -2.13. The summed E-state index contributed by atoms with van der Waals surface area (Å²) >= 11 is 0. The van der Waals surface area contributed by atoms with Crippen molar-refractivity contribution in [3.05, 3.63) is 78.2 Å². The van der Waals surface area contributed by atoms with E-state index in [9.17, 15) is 4.79 Å². The van der Waals surface area contributed by atoms with Crippen molar-refractivity contribution in [3.63, 3.8) is 0 Å². The fraction of sp³-hybridized carbons (Fsp3) is 0.200. The van der Waals surface area contributed by atoms with Gasteiger partial charge in [0.1, 0.15) is 23.9 Å². The van der Waals surface area contributed by atoms with Gasteiger partial charge in [-0.2, -0.15) is 0 Å². The van der Waals surface area contributed by atoms with Crippen LogP contribution >= 0.6 is 0 Å². The van der Waals surface area contributed by atoms with Crippen molar-refractivity contribution in [1.82, 2.24) is 4.98 Å². The molecule has 3 aromatic carbocycles. The smallest absolute Gasteiger partial charge is 0.310 e. The number of benzene rings is 3. The normalized spacial score (nSPS) is 11.0. The van der Waals surface area contributed by atoms with Crippen LogP contribution in [-0.2, 0) is 22.6 Å². The first-order valence-corrected chi connectivity index (χ1v) is 12.2. The van der Waals surface area contributed by atoms with E-state index < -0.39 is 0 Å². The minimum Gasteiger partial charge on any atom is -0.497 e. The van der Waals surface area contributed by atoms with E-state index in [1.807, 2.05) is 36.4 Å². The third kappa shape index (κ3) is 4.93. The highest BCUT2D eigenvalue weighted by Gasteiger charge is 2.17. The number of anilines is 1. The van der Waals surface area contributed by atoms with Crippen LogP contribution in [0.3, 0.4) is 0 Å². The summed E-state index contributed by atoms with van der Waals surface area (Å²) in [6.07, 6.45) is 3.45. The Kier molecular flexibility index (Phi) is 7.04. The first-order valence-electron chi connectivity index (χ1n) is 12.2. The Morgan fingerprint density at radius 2 is 1.76 bits per heavy atom. The molecule has 194 valence electrons. The first kappa shape index (κ1) is 25.0. The highest BCUT2D eigenvalue weighted by Crippen LogP contribution is 2.37. The predicted octanol–water partition coefficient (Wildman–Crippen LogP) is 5.93. The zero-order valence-corrected chi connectivity index (χ0v) is 21.4. The van der Waals surface area contributed by atoms with Crippen molar-refractivity contribution in [2.75, 3.05) is 26.6 Å². The average Bonchev–Trinajstić information content (AvgIpc) is 3.35. The van der Waals surface area contributed by atoms with Gasteiger partial charge in [-0.15, -0.1) is 0 Å².